The molecule has 0 unspecified atom stereocenters. The molecule has 1 heterocycles. The molecular weight excluding hydrogens is 300 g/mol. The minimum absolute atomic E-state index is 0.204. The van der Waals surface area contributed by atoms with Gasteiger partial charge in [0.2, 0.25) is 0 Å². The number of aryl methyl sites for hydroxylation is 4. The van der Waals surface area contributed by atoms with Crippen molar-refractivity contribution in [3.63, 3.8) is 0 Å². The molecule has 5 heteroatoms. The van der Waals surface area contributed by atoms with E-state index in [9.17, 15) is 4.79 Å². The monoisotopic (exact) mass is 320 g/mol. The zero-order valence-corrected chi connectivity index (χ0v) is 14.3. The van der Waals surface area contributed by atoms with Crippen molar-refractivity contribution in [1.29, 1.82) is 0 Å². The van der Waals surface area contributed by atoms with Crippen LogP contribution in [0.4, 0.5) is 11.4 Å². The Morgan fingerprint density at radius 3 is 2.08 bits per heavy atom. The van der Waals surface area contributed by atoms with Gasteiger partial charge in [0, 0.05) is 0 Å². The van der Waals surface area contributed by atoms with Crippen molar-refractivity contribution < 1.29 is 0 Å². The summed E-state index contributed by atoms with van der Waals surface area (Å²) in [5, 5.41) is 11.6. The number of azo groups is 1. The van der Waals surface area contributed by atoms with E-state index in [0.29, 0.717) is 11.4 Å². The van der Waals surface area contributed by atoms with E-state index in [-0.39, 0.29) is 5.56 Å². The smallest absolute Gasteiger partial charge is 0.293 e. The second kappa shape index (κ2) is 6.28. The Labute approximate surface area is 140 Å². The van der Waals surface area contributed by atoms with Crippen LogP contribution in [0.25, 0.3) is 5.69 Å². The van der Waals surface area contributed by atoms with Crippen LogP contribution in [-0.4, -0.2) is 9.78 Å². The van der Waals surface area contributed by atoms with Gasteiger partial charge < -0.3 is 0 Å². The van der Waals surface area contributed by atoms with Crippen LogP contribution < -0.4 is 5.56 Å². The molecule has 0 radical (unpaired) electrons. The van der Waals surface area contributed by atoms with Crippen molar-refractivity contribution in [2.75, 3.05) is 0 Å². The summed E-state index contributed by atoms with van der Waals surface area (Å²) in [4.78, 5) is 12.6. The fraction of sp³-hybridized carbons (Fsp3) is 0.211. The van der Waals surface area contributed by atoms with Gasteiger partial charge in [-0.2, -0.15) is 0 Å². The molecule has 0 saturated heterocycles. The first-order chi connectivity index (χ1) is 11.5. The van der Waals surface area contributed by atoms with Crippen LogP contribution in [0.1, 0.15) is 22.4 Å². The van der Waals surface area contributed by atoms with Crippen LogP contribution in [0.5, 0.6) is 0 Å². The predicted octanol–water partition coefficient (Wildman–Crippen LogP) is 4.81. The highest BCUT2D eigenvalue weighted by Crippen LogP contribution is 2.27. The summed E-state index contributed by atoms with van der Waals surface area (Å²) in [6, 6.07) is 13.5. The van der Waals surface area contributed by atoms with Gasteiger partial charge in [-0.15, -0.1) is 10.2 Å². The molecule has 122 valence electrons. The maximum absolute atomic E-state index is 12.6. The van der Waals surface area contributed by atoms with Crippen molar-refractivity contribution in [2.24, 2.45) is 10.2 Å². The molecular formula is C19H20N4O. The minimum atomic E-state index is -0.204. The molecule has 0 saturated carbocycles. The maximum Gasteiger partial charge on any atom is 0.299 e. The molecule has 0 atom stereocenters. The van der Waals surface area contributed by atoms with Crippen molar-refractivity contribution in [1.82, 2.24) is 9.78 Å². The highest BCUT2D eigenvalue weighted by molar-refractivity contribution is 5.54. The molecule has 3 aromatic rings. The third-order valence-corrected chi connectivity index (χ3v) is 3.94. The highest BCUT2D eigenvalue weighted by atomic mass is 16.1. The molecule has 0 aliphatic heterocycles. The lowest BCUT2D eigenvalue weighted by atomic mass is 10.1. The third-order valence-electron chi connectivity index (χ3n) is 3.94. The van der Waals surface area contributed by atoms with E-state index in [0.717, 1.165) is 22.5 Å². The van der Waals surface area contributed by atoms with Gasteiger partial charge in [0.25, 0.3) is 5.56 Å². The first kappa shape index (κ1) is 15.9. The zero-order chi connectivity index (χ0) is 17.3. The Bertz CT molecular complexity index is 942. The fourth-order valence-corrected chi connectivity index (χ4v) is 2.84. The predicted molar refractivity (Wildman–Crippen MR) is 96.0 cm³/mol. The number of para-hydroxylation sites is 1. The van der Waals surface area contributed by atoms with Gasteiger partial charge in [-0.3, -0.25) is 9.89 Å². The van der Waals surface area contributed by atoms with E-state index in [1.807, 2.05) is 51.1 Å². The molecule has 0 aliphatic rings. The van der Waals surface area contributed by atoms with E-state index in [1.165, 1.54) is 10.2 Å². The van der Waals surface area contributed by atoms with E-state index >= 15 is 0 Å². The Morgan fingerprint density at radius 1 is 0.875 bits per heavy atom. The minimum Gasteiger partial charge on any atom is -0.293 e. The number of aromatic amines is 1. The van der Waals surface area contributed by atoms with Crippen LogP contribution in [0, 0.1) is 27.7 Å². The number of rotatable bonds is 3. The summed E-state index contributed by atoms with van der Waals surface area (Å²) < 4.78 is 1.48. The Morgan fingerprint density at radius 2 is 1.46 bits per heavy atom. The first-order valence-electron chi connectivity index (χ1n) is 7.84. The molecule has 3 rings (SSSR count). The van der Waals surface area contributed by atoms with Gasteiger partial charge in [0.1, 0.15) is 0 Å². The summed E-state index contributed by atoms with van der Waals surface area (Å²) in [5.74, 6) is 0. The summed E-state index contributed by atoms with van der Waals surface area (Å²) >= 11 is 0. The SMILES string of the molecule is Cc1cc(C)c(N=Nc2c(C)[nH]n(-c3ccccc3)c2=O)c(C)c1. The maximum atomic E-state index is 12.6. The normalized spacial score (nSPS) is 11.3. The fourth-order valence-electron chi connectivity index (χ4n) is 2.84. The van der Waals surface area contributed by atoms with Crippen LogP contribution in [-0.2, 0) is 0 Å². The third kappa shape index (κ3) is 2.93. The molecule has 1 N–H and O–H groups in total. The van der Waals surface area contributed by atoms with E-state index in [4.69, 9.17) is 0 Å². The van der Waals surface area contributed by atoms with E-state index in [2.05, 4.69) is 34.4 Å². The largest absolute Gasteiger partial charge is 0.299 e. The average molecular weight is 320 g/mol. The first-order valence-corrected chi connectivity index (χ1v) is 7.84. The number of aromatic nitrogens is 2. The van der Waals surface area contributed by atoms with Gasteiger partial charge in [0.15, 0.2) is 5.69 Å². The Kier molecular flexibility index (Phi) is 4.16. The van der Waals surface area contributed by atoms with Gasteiger partial charge in [-0.1, -0.05) is 35.9 Å². The number of benzene rings is 2. The summed E-state index contributed by atoms with van der Waals surface area (Å²) in [6.45, 7) is 7.88. The summed E-state index contributed by atoms with van der Waals surface area (Å²) in [5.41, 5.74) is 5.69. The van der Waals surface area contributed by atoms with Crippen LogP contribution in [0.3, 0.4) is 0 Å². The second-order valence-corrected chi connectivity index (χ2v) is 6.01. The zero-order valence-electron chi connectivity index (χ0n) is 14.3. The lowest BCUT2D eigenvalue weighted by Crippen LogP contribution is -2.13. The van der Waals surface area contributed by atoms with Gasteiger partial charge in [0.05, 0.1) is 17.1 Å². The quantitative estimate of drug-likeness (QED) is 0.691. The standard InChI is InChI=1S/C19H20N4O/c1-12-10-13(2)17(14(3)11-12)20-21-18-15(4)22-23(19(18)24)16-8-6-5-7-9-16/h5-11,22H,1-4H3. The number of hydrogen-bond donors (Lipinski definition) is 1. The second-order valence-electron chi connectivity index (χ2n) is 6.01. The highest BCUT2D eigenvalue weighted by Gasteiger charge is 2.12. The number of hydrogen-bond acceptors (Lipinski definition) is 3. The summed E-state index contributed by atoms with van der Waals surface area (Å²) in [6.07, 6.45) is 0. The number of H-pyrrole nitrogens is 1. The molecule has 0 amide bonds. The van der Waals surface area contributed by atoms with Crippen molar-refractivity contribution >= 4 is 11.4 Å². The molecule has 24 heavy (non-hydrogen) atoms. The Hall–Kier alpha value is -2.95. The van der Waals surface area contributed by atoms with E-state index in [1.54, 1.807) is 0 Å². The molecule has 1 aromatic heterocycles. The molecule has 0 spiro atoms. The molecule has 5 nitrogen and oxygen atoms in total. The van der Waals surface area contributed by atoms with Crippen LogP contribution >= 0.6 is 0 Å². The number of nitrogens with one attached hydrogen (secondary N) is 1. The van der Waals surface area contributed by atoms with Crippen LogP contribution in [0.2, 0.25) is 0 Å². The van der Waals surface area contributed by atoms with Crippen molar-refractivity contribution in [3.05, 3.63) is 75.2 Å². The molecule has 0 fully saturated rings. The van der Waals surface area contributed by atoms with Gasteiger partial charge >= 0.3 is 0 Å². The topological polar surface area (TPSA) is 62.5 Å². The summed E-state index contributed by atoms with van der Waals surface area (Å²) in [7, 11) is 0. The van der Waals surface area contributed by atoms with E-state index < -0.39 is 0 Å². The Balaban J connectivity index is 2.03. The lowest BCUT2D eigenvalue weighted by Gasteiger charge is -2.04. The average Bonchev–Trinajstić information content (AvgIpc) is 2.82. The van der Waals surface area contributed by atoms with Crippen molar-refractivity contribution in [2.45, 2.75) is 27.7 Å². The molecule has 2 aromatic carbocycles. The van der Waals surface area contributed by atoms with Crippen LogP contribution in [0.15, 0.2) is 57.5 Å². The van der Waals surface area contributed by atoms with Gasteiger partial charge in [-0.25, -0.2) is 4.68 Å². The number of nitrogens with zero attached hydrogens (tertiary/aromatic N) is 3. The van der Waals surface area contributed by atoms with Gasteiger partial charge in [-0.05, 0) is 51.0 Å². The molecule has 0 aliphatic carbocycles. The lowest BCUT2D eigenvalue weighted by molar-refractivity contribution is 0.835. The van der Waals surface area contributed by atoms with Crippen molar-refractivity contribution in [3.8, 4) is 5.69 Å². The molecule has 0 bridgehead atoms.